The fourth-order valence-electron chi connectivity index (χ4n) is 2.44. The molecule has 0 unspecified atom stereocenters. The first-order valence-corrected chi connectivity index (χ1v) is 19.4. The summed E-state index contributed by atoms with van der Waals surface area (Å²) in [6.07, 6.45) is 13.4. The Morgan fingerprint density at radius 1 is 1.08 bits per heavy atom. The smallest absolute Gasteiger partial charge is 0.147 e. The largest absolute Gasteiger partial charge is 0.147 e. The normalized spacial score (nSPS) is 15.0. The number of allylic oxidation sites excluding steroid dienone is 7. The Kier molecular flexibility index (Phi) is 12.8. The minimum absolute atomic E-state index is 0. The molecule has 0 aliphatic heterocycles. The molecular weight excluding hydrogens is 447 g/mol. The van der Waals surface area contributed by atoms with Gasteiger partial charge in [0, 0.05) is 0 Å². The van der Waals surface area contributed by atoms with Crippen LogP contribution in [0.1, 0.15) is 20.3 Å². The first-order chi connectivity index (χ1) is 9.99. The Morgan fingerprint density at radius 2 is 1.67 bits per heavy atom. The van der Waals surface area contributed by atoms with Crippen LogP contribution in [-0.4, -0.2) is 19.4 Å². The van der Waals surface area contributed by atoms with Gasteiger partial charge in [0.2, 0.25) is 0 Å². The second-order valence-electron chi connectivity index (χ2n) is 8.82. The summed E-state index contributed by atoms with van der Waals surface area (Å²) < 4.78 is 5.19. The molecule has 0 aromatic carbocycles. The van der Waals surface area contributed by atoms with Gasteiger partial charge in [-0.25, -0.2) is 0 Å². The molecule has 1 aliphatic carbocycles. The fourth-order valence-corrected chi connectivity index (χ4v) is 11.6. The second-order valence-corrected chi connectivity index (χ2v) is 26.7. The molecule has 0 heterocycles. The molecule has 0 N–H and O–H groups in total. The summed E-state index contributed by atoms with van der Waals surface area (Å²) in [5, 5.41) is 0. The van der Waals surface area contributed by atoms with E-state index in [0.29, 0.717) is 0 Å². The molecule has 0 radical (unpaired) electrons. The van der Waals surface area contributed by atoms with Crippen LogP contribution >= 0.6 is 24.8 Å². The molecule has 0 nitrogen and oxygen atoms in total. The molecule has 1 aliphatic rings. The molecule has 0 aromatic rings. The van der Waals surface area contributed by atoms with E-state index in [2.05, 4.69) is 89.2 Å². The molecule has 0 amide bonds. The van der Waals surface area contributed by atoms with E-state index in [1.807, 2.05) is 0 Å². The van der Waals surface area contributed by atoms with Crippen molar-refractivity contribution >= 4 is 44.2 Å². The minimum Gasteiger partial charge on any atom is -0.147 e. The third kappa shape index (κ3) is 10.7. The number of halogens is 2. The topological polar surface area (TPSA) is 0 Å². The first-order valence-electron chi connectivity index (χ1n) is 8.43. The van der Waals surface area contributed by atoms with E-state index in [9.17, 15) is 0 Å². The standard InChI is InChI=1S/C11H23Si2.C5H5.C3H6.2ClH.Zr/c1-12(2,3)10-8-7-9-11-13(4,5)6;1-2-4-5-3-1;1-3-2;;;/h8-10H,11H2,1-6H3;1-3H,4H2;1-2H3;2*1H;. The molecular formula is C19H36Cl2Si2Zr. The third-order valence-corrected chi connectivity index (χ3v) is 13.5. The molecule has 0 spiro atoms. The molecule has 138 valence electrons. The number of hydrogen-bond donors (Lipinski definition) is 0. The Bertz CT molecular complexity index is 553. The summed E-state index contributed by atoms with van der Waals surface area (Å²) in [6.45, 7) is 19.5. The van der Waals surface area contributed by atoms with Crippen molar-refractivity contribution in [1.82, 2.24) is 0 Å². The maximum atomic E-state index is 2.63. The van der Waals surface area contributed by atoms with Crippen LogP contribution in [0.5, 0.6) is 0 Å². The van der Waals surface area contributed by atoms with Crippen molar-refractivity contribution in [1.29, 1.82) is 0 Å². The van der Waals surface area contributed by atoms with Crippen LogP contribution in [0.25, 0.3) is 0 Å². The van der Waals surface area contributed by atoms with Crippen LogP contribution in [0.3, 0.4) is 0 Å². The van der Waals surface area contributed by atoms with Crippen LogP contribution in [0.4, 0.5) is 0 Å². The molecule has 0 fully saturated rings. The second kappa shape index (κ2) is 11.4. The zero-order valence-electron chi connectivity index (χ0n) is 16.7. The van der Waals surface area contributed by atoms with Crippen molar-refractivity contribution in [2.45, 2.75) is 65.6 Å². The van der Waals surface area contributed by atoms with E-state index < -0.39 is 37.4 Å². The molecule has 0 saturated carbocycles. The van der Waals surface area contributed by atoms with Crippen LogP contribution < -0.4 is 0 Å². The maximum Gasteiger partial charge on any atom is -0.147 e. The van der Waals surface area contributed by atoms with Crippen molar-refractivity contribution in [2.75, 3.05) is 0 Å². The Hall–Kier alpha value is 0.727. The zero-order chi connectivity index (χ0) is 17.0. The van der Waals surface area contributed by atoms with Gasteiger partial charge in [0.05, 0.1) is 0 Å². The summed E-state index contributed by atoms with van der Waals surface area (Å²) in [5.41, 5.74) is 2.55. The fraction of sp³-hybridized carbons (Fsp3) is 0.526. The van der Waals surface area contributed by atoms with Gasteiger partial charge in [-0.05, 0) is 0 Å². The summed E-state index contributed by atoms with van der Waals surface area (Å²) in [6, 6.07) is 1.32. The molecule has 0 bridgehead atoms. The van der Waals surface area contributed by atoms with Gasteiger partial charge >= 0.3 is 149 Å². The van der Waals surface area contributed by atoms with Crippen LogP contribution in [0.15, 0.2) is 42.6 Å². The summed E-state index contributed by atoms with van der Waals surface area (Å²) in [7, 11) is -2.16. The van der Waals surface area contributed by atoms with Gasteiger partial charge in [0.15, 0.2) is 0 Å². The average molecular weight is 483 g/mol. The molecule has 24 heavy (non-hydrogen) atoms. The third-order valence-electron chi connectivity index (χ3n) is 3.58. The van der Waals surface area contributed by atoms with E-state index >= 15 is 0 Å². The van der Waals surface area contributed by atoms with Crippen molar-refractivity contribution < 1.29 is 21.3 Å². The van der Waals surface area contributed by atoms with E-state index in [1.165, 1.54) is 12.5 Å². The predicted octanol–water partition coefficient (Wildman–Crippen LogP) is 7.16. The summed E-state index contributed by atoms with van der Waals surface area (Å²) in [5.74, 6) is 0. The molecule has 0 saturated heterocycles. The van der Waals surface area contributed by atoms with E-state index in [1.54, 1.807) is 9.77 Å². The quantitative estimate of drug-likeness (QED) is 0.278. The van der Waals surface area contributed by atoms with Crippen LogP contribution in [0.2, 0.25) is 45.3 Å². The minimum atomic E-state index is -1.79. The molecule has 5 heteroatoms. The predicted molar refractivity (Wildman–Crippen MR) is 121 cm³/mol. The van der Waals surface area contributed by atoms with Crippen molar-refractivity contribution in [3.05, 3.63) is 42.6 Å². The average Bonchev–Trinajstić information content (AvgIpc) is 2.83. The van der Waals surface area contributed by atoms with Crippen LogP contribution in [0, 0.1) is 0 Å². The Morgan fingerprint density at radius 3 is 2.04 bits per heavy atom. The van der Waals surface area contributed by atoms with Gasteiger partial charge in [-0.3, -0.25) is 0 Å². The molecule has 1 rings (SSSR count). The Balaban J connectivity index is 0. The van der Waals surface area contributed by atoms with Crippen molar-refractivity contribution in [2.24, 2.45) is 0 Å². The maximum absolute atomic E-state index is 2.63. The zero-order valence-corrected chi connectivity index (χ0v) is 22.8. The number of rotatable bonds is 6. The summed E-state index contributed by atoms with van der Waals surface area (Å²) in [4.78, 5) is 0. The Labute approximate surface area is 172 Å². The summed E-state index contributed by atoms with van der Waals surface area (Å²) >= 11 is -1.79. The molecule has 0 aromatic heterocycles. The van der Waals surface area contributed by atoms with Gasteiger partial charge in [0.1, 0.15) is 0 Å². The SMILES string of the molecule is C[C](C)=[Zr]([C](C=C[Si](C)(C)C)=CC[Si](C)(C)C)[C]1=CC=CC1.Cl.Cl. The van der Waals surface area contributed by atoms with Gasteiger partial charge in [-0.15, -0.1) is 24.8 Å². The van der Waals surface area contributed by atoms with Crippen molar-refractivity contribution in [3.63, 3.8) is 0 Å². The van der Waals surface area contributed by atoms with Gasteiger partial charge in [-0.1, -0.05) is 0 Å². The van der Waals surface area contributed by atoms with Crippen molar-refractivity contribution in [3.8, 4) is 0 Å². The number of hydrogen-bond acceptors (Lipinski definition) is 0. The molecule has 0 atom stereocenters. The monoisotopic (exact) mass is 480 g/mol. The van der Waals surface area contributed by atoms with Gasteiger partial charge in [-0.2, -0.15) is 0 Å². The van der Waals surface area contributed by atoms with E-state index in [4.69, 9.17) is 0 Å². The van der Waals surface area contributed by atoms with Gasteiger partial charge in [0.25, 0.3) is 0 Å². The first kappa shape index (κ1) is 27.0. The van der Waals surface area contributed by atoms with Crippen LogP contribution in [-0.2, 0) is 21.3 Å². The van der Waals surface area contributed by atoms with Gasteiger partial charge < -0.3 is 0 Å². The van der Waals surface area contributed by atoms with E-state index in [0.717, 1.165) is 0 Å². The van der Waals surface area contributed by atoms with E-state index in [-0.39, 0.29) is 24.8 Å².